The molecular formula is C21H26N2O4S. The molecule has 0 atom stereocenters. The minimum Gasteiger partial charge on any atom is -0.497 e. The lowest BCUT2D eigenvalue weighted by atomic mass is 10.1. The number of amides is 1. The molecule has 1 amide bonds. The minimum atomic E-state index is -3.79. The van der Waals surface area contributed by atoms with Gasteiger partial charge >= 0.3 is 0 Å². The highest BCUT2D eigenvalue weighted by molar-refractivity contribution is 7.92. The number of carbonyl (C=O) groups excluding carboxylic acids is 1. The van der Waals surface area contributed by atoms with Crippen molar-refractivity contribution in [1.29, 1.82) is 0 Å². The molecule has 0 radical (unpaired) electrons. The van der Waals surface area contributed by atoms with Crippen LogP contribution in [-0.4, -0.2) is 39.4 Å². The summed E-state index contributed by atoms with van der Waals surface area (Å²) >= 11 is 0. The Morgan fingerprint density at radius 1 is 0.964 bits per heavy atom. The van der Waals surface area contributed by atoms with Crippen LogP contribution in [0.1, 0.15) is 42.5 Å². The lowest BCUT2D eigenvalue weighted by molar-refractivity contribution is 0.0742. The first-order valence-electron chi connectivity index (χ1n) is 9.56. The molecule has 28 heavy (non-hydrogen) atoms. The number of nitrogens with one attached hydrogen (secondary N) is 1. The Labute approximate surface area is 166 Å². The van der Waals surface area contributed by atoms with E-state index in [2.05, 4.69) is 4.72 Å². The summed E-state index contributed by atoms with van der Waals surface area (Å²) in [5.41, 5.74) is 0.833. The summed E-state index contributed by atoms with van der Waals surface area (Å²) in [4.78, 5) is 14.8. The quantitative estimate of drug-likeness (QED) is 0.823. The van der Waals surface area contributed by atoms with Crippen LogP contribution in [0.25, 0.3) is 0 Å². The molecule has 1 heterocycles. The first-order chi connectivity index (χ1) is 13.5. The molecule has 1 aliphatic rings. The maximum absolute atomic E-state index is 12.9. The molecule has 0 bridgehead atoms. The van der Waals surface area contributed by atoms with Crippen LogP contribution >= 0.6 is 0 Å². The van der Waals surface area contributed by atoms with Crippen LogP contribution < -0.4 is 9.46 Å². The maximum Gasteiger partial charge on any atom is 0.261 e. The van der Waals surface area contributed by atoms with E-state index in [4.69, 9.17) is 4.74 Å². The summed E-state index contributed by atoms with van der Waals surface area (Å²) in [5, 5.41) is 0. The Morgan fingerprint density at radius 2 is 1.61 bits per heavy atom. The first kappa shape index (κ1) is 20.2. The van der Waals surface area contributed by atoms with Crippen LogP contribution in [0.5, 0.6) is 5.75 Å². The van der Waals surface area contributed by atoms with Crippen LogP contribution in [0, 0.1) is 0 Å². The van der Waals surface area contributed by atoms with Crippen molar-refractivity contribution in [3.05, 3.63) is 54.1 Å². The van der Waals surface area contributed by atoms with Crippen molar-refractivity contribution in [2.24, 2.45) is 0 Å². The van der Waals surface area contributed by atoms with Crippen LogP contribution in [0.15, 0.2) is 53.4 Å². The van der Waals surface area contributed by atoms with Gasteiger partial charge in [-0.05, 0) is 55.3 Å². The Balaban J connectivity index is 1.77. The van der Waals surface area contributed by atoms with Gasteiger partial charge in [0.25, 0.3) is 15.9 Å². The van der Waals surface area contributed by atoms with Crippen molar-refractivity contribution in [2.45, 2.75) is 37.0 Å². The van der Waals surface area contributed by atoms with Crippen molar-refractivity contribution in [3.63, 3.8) is 0 Å². The van der Waals surface area contributed by atoms with Gasteiger partial charge in [0, 0.05) is 24.3 Å². The Hall–Kier alpha value is -2.54. The second-order valence-corrected chi connectivity index (χ2v) is 8.60. The zero-order valence-corrected chi connectivity index (χ0v) is 16.9. The zero-order chi connectivity index (χ0) is 20.0. The number of rotatable bonds is 5. The lowest BCUT2D eigenvalue weighted by Crippen LogP contribution is -2.33. The van der Waals surface area contributed by atoms with E-state index in [-0.39, 0.29) is 10.8 Å². The van der Waals surface area contributed by atoms with E-state index in [1.54, 1.807) is 43.5 Å². The monoisotopic (exact) mass is 402 g/mol. The van der Waals surface area contributed by atoms with E-state index in [0.717, 1.165) is 38.8 Å². The van der Waals surface area contributed by atoms with E-state index < -0.39 is 10.0 Å². The fraction of sp³-hybridized carbons (Fsp3) is 0.381. The van der Waals surface area contributed by atoms with Crippen LogP contribution in [-0.2, 0) is 10.0 Å². The summed E-state index contributed by atoms with van der Waals surface area (Å²) in [5.74, 6) is 0.534. The van der Waals surface area contributed by atoms with Gasteiger partial charge in [-0.1, -0.05) is 25.3 Å². The molecule has 1 fully saturated rings. The van der Waals surface area contributed by atoms with Gasteiger partial charge in [0.05, 0.1) is 12.0 Å². The third-order valence-corrected chi connectivity index (χ3v) is 6.26. The molecule has 1 aliphatic heterocycles. The average Bonchev–Trinajstić information content (AvgIpc) is 2.68. The van der Waals surface area contributed by atoms with Crippen molar-refractivity contribution < 1.29 is 17.9 Å². The average molecular weight is 403 g/mol. The van der Waals surface area contributed by atoms with Gasteiger partial charge in [-0.2, -0.15) is 0 Å². The molecule has 0 saturated carbocycles. The first-order valence-corrected chi connectivity index (χ1v) is 11.0. The number of hydrogen-bond donors (Lipinski definition) is 1. The van der Waals surface area contributed by atoms with Gasteiger partial charge in [-0.3, -0.25) is 9.52 Å². The largest absolute Gasteiger partial charge is 0.497 e. The number of benzene rings is 2. The number of nitrogens with zero attached hydrogens (tertiary/aromatic N) is 1. The number of likely N-dealkylation sites (tertiary alicyclic amines) is 1. The van der Waals surface area contributed by atoms with Gasteiger partial charge in [-0.15, -0.1) is 0 Å². The van der Waals surface area contributed by atoms with Gasteiger partial charge in [0.2, 0.25) is 0 Å². The molecule has 1 saturated heterocycles. The molecular weight excluding hydrogens is 376 g/mol. The molecule has 3 rings (SSSR count). The highest BCUT2D eigenvalue weighted by Crippen LogP contribution is 2.21. The van der Waals surface area contributed by atoms with Crippen molar-refractivity contribution in [1.82, 2.24) is 4.90 Å². The van der Waals surface area contributed by atoms with E-state index >= 15 is 0 Å². The number of hydrogen-bond acceptors (Lipinski definition) is 4. The summed E-state index contributed by atoms with van der Waals surface area (Å²) in [6.07, 6.45) is 5.45. The van der Waals surface area contributed by atoms with Crippen LogP contribution in [0.4, 0.5) is 5.69 Å². The van der Waals surface area contributed by atoms with E-state index in [0.29, 0.717) is 17.0 Å². The SMILES string of the molecule is COc1ccc(NS(=O)(=O)c2cccc(C(=O)N3CCCCCCC3)c2)cc1. The normalized spacial score (nSPS) is 15.4. The van der Waals surface area contributed by atoms with E-state index in [1.165, 1.54) is 18.6 Å². The zero-order valence-electron chi connectivity index (χ0n) is 16.1. The molecule has 0 unspecified atom stereocenters. The molecule has 6 nitrogen and oxygen atoms in total. The van der Waals surface area contributed by atoms with Crippen LogP contribution in [0.3, 0.4) is 0 Å². The maximum atomic E-state index is 12.9. The fourth-order valence-corrected chi connectivity index (χ4v) is 4.41. The van der Waals surface area contributed by atoms with Crippen molar-refractivity contribution >= 4 is 21.6 Å². The summed E-state index contributed by atoms with van der Waals surface area (Å²) in [6.45, 7) is 1.44. The summed E-state index contributed by atoms with van der Waals surface area (Å²) in [6, 6.07) is 12.9. The standard InChI is InChI=1S/C21H26N2O4S/c1-27-19-12-10-18(11-13-19)22-28(25,26)20-9-7-8-17(16-20)21(24)23-14-5-3-2-4-6-15-23/h7-13,16,22H,2-6,14-15H2,1H3. The van der Waals surface area contributed by atoms with Crippen molar-refractivity contribution in [3.8, 4) is 5.75 Å². The molecule has 1 N–H and O–H groups in total. The third-order valence-electron chi connectivity index (χ3n) is 4.88. The number of carbonyl (C=O) groups is 1. The van der Waals surface area contributed by atoms with E-state index in [9.17, 15) is 13.2 Å². The Morgan fingerprint density at radius 3 is 2.25 bits per heavy atom. The fourth-order valence-electron chi connectivity index (χ4n) is 3.30. The third kappa shape index (κ3) is 5.04. The van der Waals surface area contributed by atoms with Gasteiger partial charge < -0.3 is 9.64 Å². The number of anilines is 1. The smallest absolute Gasteiger partial charge is 0.261 e. The molecule has 2 aromatic carbocycles. The minimum absolute atomic E-state index is 0.0706. The van der Waals surface area contributed by atoms with E-state index in [1.807, 2.05) is 4.90 Å². The molecule has 0 spiro atoms. The van der Waals surface area contributed by atoms with Crippen molar-refractivity contribution in [2.75, 3.05) is 24.9 Å². The molecule has 150 valence electrons. The van der Waals surface area contributed by atoms with Gasteiger partial charge in [0.1, 0.15) is 5.75 Å². The predicted octanol–water partition coefficient (Wildman–Crippen LogP) is 3.90. The molecule has 0 aromatic heterocycles. The molecule has 7 heteroatoms. The Kier molecular flexibility index (Phi) is 6.57. The van der Waals surface area contributed by atoms with Gasteiger partial charge in [0.15, 0.2) is 0 Å². The molecule has 2 aromatic rings. The highest BCUT2D eigenvalue weighted by Gasteiger charge is 2.20. The number of methoxy groups -OCH3 is 1. The van der Waals surface area contributed by atoms with Gasteiger partial charge in [-0.25, -0.2) is 8.42 Å². The number of ether oxygens (including phenoxy) is 1. The second kappa shape index (κ2) is 9.10. The molecule has 0 aliphatic carbocycles. The topological polar surface area (TPSA) is 75.7 Å². The highest BCUT2D eigenvalue weighted by atomic mass is 32.2. The predicted molar refractivity (Wildman–Crippen MR) is 109 cm³/mol. The summed E-state index contributed by atoms with van der Waals surface area (Å²) < 4.78 is 33.1. The van der Waals surface area contributed by atoms with Crippen LogP contribution in [0.2, 0.25) is 0 Å². The lowest BCUT2D eigenvalue weighted by Gasteiger charge is -2.25. The number of sulfonamides is 1. The summed E-state index contributed by atoms with van der Waals surface area (Å²) in [7, 11) is -2.24. The Bertz CT molecular complexity index is 902. The second-order valence-electron chi connectivity index (χ2n) is 6.92.